The molecule has 0 aliphatic heterocycles. The van der Waals surface area contributed by atoms with E-state index < -0.39 is 5.97 Å². The topological polar surface area (TPSA) is 108 Å². The fourth-order valence-corrected chi connectivity index (χ4v) is 1.94. The number of amides is 1. The minimum Gasteiger partial charge on any atom is -0.475 e. The Morgan fingerprint density at radius 1 is 1.29 bits per heavy atom. The summed E-state index contributed by atoms with van der Waals surface area (Å²) in [5, 5.41) is 19.0. The van der Waals surface area contributed by atoms with Crippen LogP contribution in [0.2, 0.25) is 0 Å². The highest BCUT2D eigenvalue weighted by molar-refractivity contribution is 5.97. The molecule has 0 unspecified atom stereocenters. The zero-order valence-electron chi connectivity index (χ0n) is 10.8. The van der Waals surface area contributed by atoms with Crippen molar-refractivity contribution in [3.05, 3.63) is 53.6 Å². The van der Waals surface area contributed by atoms with Crippen molar-refractivity contribution in [2.24, 2.45) is 0 Å². The van der Waals surface area contributed by atoms with Gasteiger partial charge in [-0.25, -0.2) is 4.79 Å². The largest absolute Gasteiger partial charge is 0.475 e. The van der Waals surface area contributed by atoms with Crippen LogP contribution in [0.4, 0.5) is 0 Å². The van der Waals surface area contributed by atoms with Crippen LogP contribution in [0.1, 0.15) is 26.7 Å². The monoisotopic (exact) mass is 285 g/mol. The molecule has 1 aromatic carbocycles. The summed E-state index contributed by atoms with van der Waals surface area (Å²) >= 11 is 0. The Balaban J connectivity index is 1.69. The lowest BCUT2D eigenvalue weighted by Crippen LogP contribution is -2.22. The number of aromatic amines is 1. The van der Waals surface area contributed by atoms with Crippen LogP contribution >= 0.6 is 0 Å². The van der Waals surface area contributed by atoms with Crippen LogP contribution < -0.4 is 5.32 Å². The third-order valence-electron chi connectivity index (χ3n) is 3.00. The molecule has 2 heterocycles. The first-order valence-electron chi connectivity index (χ1n) is 6.17. The number of carbonyl (C=O) groups excluding carboxylic acids is 1. The van der Waals surface area contributed by atoms with E-state index in [-0.39, 0.29) is 18.2 Å². The number of carbonyl (C=O) groups is 2. The van der Waals surface area contributed by atoms with Gasteiger partial charge in [0.2, 0.25) is 5.76 Å². The van der Waals surface area contributed by atoms with Crippen LogP contribution in [0.3, 0.4) is 0 Å². The van der Waals surface area contributed by atoms with Crippen LogP contribution in [0.15, 0.2) is 40.9 Å². The highest BCUT2D eigenvalue weighted by Gasteiger charge is 2.11. The van der Waals surface area contributed by atoms with Crippen LogP contribution in [0.5, 0.6) is 0 Å². The van der Waals surface area contributed by atoms with E-state index in [1.54, 1.807) is 24.4 Å². The number of nitrogens with one attached hydrogen (secondary N) is 2. The predicted octanol–water partition coefficient (Wildman–Crippen LogP) is 1.78. The summed E-state index contributed by atoms with van der Waals surface area (Å²) in [7, 11) is 0. The second kappa shape index (κ2) is 5.12. The molecule has 7 heteroatoms. The summed E-state index contributed by atoms with van der Waals surface area (Å²) in [6, 6.07) is 8.05. The van der Waals surface area contributed by atoms with Gasteiger partial charge in [-0.3, -0.25) is 9.89 Å². The van der Waals surface area contributed by atoms with E-state index in [1.807, 2.05) is 0 Å². The Morgan fingerprint density at radius 2 is 2.14 bits per heavy atom. The summed E-state index contributed by atoms with van der Waals surface area (Å²) in [6.07, 6.45) is 1.67. The molecule has 3 N–H and O–H groups in total. The number of rotatable bonds is 4. The van der Waals surface area contributed by atoms with Gasteiger partial charge in [0.05, 0.1) is 18.3 Å². The molecule has 7 nitrogen and oxygen atoms in total. The molecule has 3 aromatic rings. The molecule has 2 aromatic heterocycles. The fraction of sp³-hybridized carbons (Fsp3) is 0.0714. The Labute approximate surface area is 118 Å². The SMILES string of the molecule is O=C(NCc1ccc(C(=O)O)o1)c1ccc2cn[nH]c2c1. The van der Waals surface area contributed by atoms with Crippen molar-refractivity contribution in [2.75, 3.05) is 0 Å². The minimum absolute atomic E-state index is 0.118. The van der Waals surface area contributed by atoms with Crippen LogP contribution in [-0.4, -0.2) is 27.2 Å². The van der Waals surface area contributed by atoms with Crippen LogP contribution in [0, 0.1) is 0 Å². The average molecular weight is 285 g/mol. The number of nitrogens with zero attached hydrogens (tertiary/aromatic N) is 1. The summed E-state index contributed by atoms with van der Waals surface area (Å²) in [4.78, 5) is 22.7. The van der Waals surface area contributed by atoms with Gasteiger partial charge in [-0.05, 0) is 24.3 Å². The quantitative estimate of drug-likeness (QED) is 0.677. The molecule has 0 bridgehead atoms. The molecule has 0 radical (unpaired) electrons. The molecule has 1 amide bonds. The van der Waals surface area contributed by atoms with Gasteiger partial charge in [0.1, 0.15) is 5.76 Å². The lowest BCUT2D eigenvalue weighted by molar-refractivity contribution is 0.0660. The highest BCUT2D eigenvalue weighted by Crippen LogP contribution is 2.13. The van der Waals surface area contributed by atoms with Crippen molar-refractivity contribution in [2.45, 2.75) is 6.54 Å². The molecule has 106 valence electrons. The van der Waals surface area contributed by atoms with Gasteiger partial charge in [0.15, 0.2) is 0 Å². The molecule has 0 atom stereocenters. The van der Waals surface area contributed by atoms with Gasteiger partial charge in [0.25, 0.3) is 5.91 Å². The first-order valence-corrected chi connectivity index (χ1v) is 6.17. The Hall–Kier alpha value is -3.09. The molecule has 0 spiro atoms. The highest BCUT2D eigenvalue weighted by atomic mass is 16.4. The average Bonchev–Trinajstić information content (AvgIpc) is 3.12. The number of aromatic nitrogens is 2. The number of carboxylic acid groups (broad SMARTS) is 1. The Bertz CT molecular complexity index is 818. The van der Waals surface area contributed by atoms with Crippen LogP contribution in [0.25, 0.3) is 10.9 Å². The maximum Gasteiger partial charge on any atom is 0.371 e. The van der Waals surface area contributed by atoms with Gasteiger partial charge in [-0.15, -0.1) is 0 Å². The van der Waals surface area contributed by atoms with Crippen LogP contribution in [-0.2, 0) is 6.54 Å². The van der Waals surface area contributed by atoms with E-state index >= 15 is 0 Å². The number of fused-ring (bicyclic) bond motifs is 1. The first kappa shape index (κ1) is 12.9. The van der Waals surface area contributed by atoms with E-state index in [4.69, 9.17) is 9.52 Å². The standard InChI is InChI=1S/C14H11N3O4/c18-13(8-1-2-9-6-16-17-11(9)5-8)15-7-10-3-4-12(21-10)14(19)20/h1-6H,7H2,(H,15,18)(H,16,17)(H,19,20). The maximum absolute atomic E-state index is 12.0. The van der Waals surface area contributed by atoms with Crippen molar-refractivity contribution in [1.82, 2.24) is 15.5 Å². The smallest absolute Gasteiger partial charge is 0.371 e. The lowest BCUT2D eigenvalue weighted by Gasteiger charge is -2.03. The number of benzene rings is 1. The summed E-state index contributed by atoms with van der Waals surface area (Å²) in [5.41, 5.74) is 1.26. The van der Waals surface area contributed by atoms with Gasteiger partial charge in [-0.1, -0.05) is 6.07 Å². The molecule has 0 aliphatic carbocycles. The predicted molar refractivity (Wildman–Crippen MR) is 72.9 cm³/mol. The van der Waals surface area contributed by atoms with Crippen molar-refractivity contribution in [3.8, 4) is 0 Å². The third kappa shape index (κ3) is 2.62. The molecule has 0 saturated heterocycles. The van der Waals surface area contributed by atoms with E-state index in [0.29, 0.717) is 11.3 Å². The molecule has 21 heavy (non-hydrogen) atoms. The molecule has 0 aliphatic rings. The van der Waals surface area contributed by atoms with E-state index in [0.717, 1.165) is 10.9 Å². The molecular weight excluding hydrogens is 274 g/mol. The van der Waals surface area contributed by atoms with Crippen molar-refractivity contribution < 1.29 is 19.1 Å². The number of hydrogen-bond donors (Lipinski definition) is 3. The first-order chi connectivity index (χ1) is 10.1. The second-order valence-corrected chi connectivity index (χ2v) is 4.43. The molecular formula is C14H11N3O4. The summed E-state index contributed by atoms with van der Waals surface area (Å²) < 4.78 is 5.06. The number of hydrogen-bond acceptors (Lipinski definition) is 4. The maximum atomic E-state index is 12.0. The van der Waals surface area contributed by atoms with Crippen molar-refractivity contribution in [1.29, 1.82) is 0 Å². The summed E-state index contributed by atoms with van der Waals surface area (Å²) in [6.45, 7) is 0.118. The molecule has 3 rings (SSSR count). The molecule has 0 saturated carbocycles. The van der Waals surface area contributed by atoms with Gasteiger partial charge in [-0.2, -0.15) is 5.10 Å². The van der Waals surface area contributed by atoms with Gasteiger partial charge in [0, 0.05) is 10.9 Å². The number of carboxylic acids is 1. The van der Waals surface area contributed by atoms with Crippen molar-refractivity contribution >= 4 is 22.8 Å². The number of furan rings is 1. The Morgan fingerprint density at radius 3 is 2.90 bits per heavy atom. The second-order valence-electron chi connectivity index (χ2n) is 4.43. The van der Waals surface area contributed by atoms with Gasteiger partial charge < -0.3 is 14.8 Å². The lowest BCUT2D eigenvalue weighted by atomic mass is 10.1. The van der Waals surface area contributed by atoms with E-state index in [9.17, 15) is 9.59 Å². The van der Waals surface area contributed by atoms with Crippen molar-refractivity contribution in [3.63, 3.8) is 0 Å². The van der Waals surface area contributed by atoms with Gasteiger partial charge >= 0.3 is 5.97 Å². The third-order valence-corrected chi connectivity index (χ3v) is 3.00. The van der Waals surface area contributed by atoms with E-state index in [2.05, 4.69) is 15.5 Å². The zero-order valence-corrected chi connectivity index (χ0v) is 10.8. The summed E-state index contributed by atoms with van der Waals surface area (Å²) in [5.74, 6) is -1.20. The van der Waals surface area contributed by atoms with E-state index in [1.165, 1.54) is 12.1 Å². The Kier molecular flexibility index (Phi) is 3.15. The minimum atomic E-state index is -1.14. The zero-order chi connectivity index (χ0) is 14.8. The normalized spacial score (nSPS) is 10.7. The number of H-pyrrole nitrogens is 1. The fourth-order valence-electron chi connectivity index (χ4n) is 1.94. The molecule has 0 fully saturated rings. The number of aromatic carboxylic acids is 1.